The Hall–Kier alpha value is -1.50. The van der Waals surface area contributed by atoms with Gasteiger partial charge in [-0.15, -0.1) is 0 Å². The number of hydrogen-bond donors (Lipinski definition) is 1. The third kappa shape index (κ3) is 1.99. The number of benzene rings is 1. The molecule has 0 fully saturated rings. The van der Waals surface area contributed by atoms with Crippen molar-refractivity contribution in [2.75, 3.05) is 5.32 Å². The minimum Gasteiger partial charge on any atom is -0.362 e. The zero-order valence-corrected chi connectivity index (χ0v) is 7.30. The fraction of sp³-hybridized carbons (Fsp3) is 0.0909. The van der Waals surface area contributed by atoms with E-state index in [1.807, 2.05) is 31.2 Å². The Morgan fingerprint density at radius 1 is 1.33 bits per heavy atom. The maximum absolute atomic E-state index is 3.86. The van der Waals surface area contributed by atoms with Crippen molar-refractivity contribution in [3.63, 3.8) is 0 Å². The van der Waals surface area contributed by atoms with Gasteiger partial charge >= 0.3 is 0 Å². The molecule has 0 radical (unpaired) electrons. The van der Waals surface area contributed by atoms with Gasteiger partial charge in [0, 0.05) is 5.69 Å². The molecule has 0 atom stereocenters. The molecule has 0 aromatic heterocycles. The van der Waals surface area contributed by atoms with Crippen molar-refractivity contribution in [2.45, 2.75) is 6.92 Å². The maximum atomic E-state index is 3.86. The van der Waals surface area contributed by atoms with Gasteiger partial charge in [0.25, 0.3) is 0 Å². The van der Waals surface area contributed by atoms with E-state index in [0.717, 1.165) is 11.3 Å². The molecule has 0 heterocycles. The molecule has 0 spiro atoms. The lowest BCUT2D eigenvalue weighted by Gasteiger charge is -2.02. The Bertz CT molecular complexity index is 282. The lowest BCUT2D eigenvalue weighted by molar-refractivity contribution is 1.54. The second kappa shape index (κ2) is 3.77. The topological polar surface area (TPSA) is 12.0 Å². The zero-order valence-electron chi connectivity index (χ0n) is 7.30. The number of nitrogens with one attached hydrogen (secondary N) is 1. The minimum absolute atomic E-state index is 1.05. The van der Waals surface area contributed by atoms with Gasteiger partial charge in [-0.25, -0.2) is 0 Å². The molecule has 1 rings (SSSR count). The van der Waals surface area contributed by atoms with Crippen molar-refractivity contribution in [1.29, 1.82) is 0 Å². The largest absolute Gasteiger partial charge is 0.362 e. The van der Waals surface area contributed by atoms with Crippen LogP contribution < -0.4 is 5.32 Å². The summed E-state index contributed by atoms with van der Waals surface area (Å²) in [5.41, 5.74) is 3.31. The summed E-state index contributed by atoms with van der Waals surface area (Å²) in [6.45, 7) is 9.44. The van der Waals surface area contributed by atoms with Gasteiger partial charge in [-0.1, -0.05) is 30.9 Å². The van der Waals surface area contributed by atoms with E-state index in [2.05, 4.69) is 18.5 Å². The zero-order chi connectivity index (χ0) is 8.97. The molecule has 0 aliphatic rings. The summed E-state index contributed by atoms with van der Waals surface area (Å²) in [5.74, 6) is 0. The molecule has 0 bridgehead atoms. The van der Waals surface area contributed by atoms with Crippen LogP contribution in [-0.2, 0) is 0 Å². The van der Waals surface area contributed by atoms with Crippen LogP contribution in [0.25, 0.3) is 5.57 Å². The number of anilines is 1. The molecule has 1 heteroatoms. The van der Waals surface area contributed by atoms with Crippen molar-refractivity contribution in [2.24, 2.45) is 0 Å². The van der Waals surface area contributed by atoms with Gasteiger partial charge in [-0.2, -0.15) is 0 Å². The van der Waals surface area contributed by atoms with Gasteiger partial charge in [0.1, 0.15) is 0 Å². The van der Waals surface area contributed by atoms with Crippen molar-refractivity contribution in [1.82, 2.24) is 0 Å². The monoisotopic (exact) mass is 159 g/mol. The van der Waals surface area contributed by atoms with Crippen molar-refractivity contribution < 1.29 is 0 Å². The van der Waals surface area contributed by atoms with Gasteiger partial charge in [-0.05, 0) is 30.8 Å². The van der Waals surface area contributed by atoms with E-state index in [1.165, 1.54) is 5.56 Å². The van der Waals surface area contributed by atoms with Crippen LogP contribution in [0, 0.1) is 0 Å². The molecule has 1 aromatic carbocycles. The predicted molar refractivity (Wildman–Crippen MR) is 55.0 cm³/mol. The Labute approximate surface area is 73.4 Å². The van der Waals surface area contributed by atoms with Gasteiger partial charge in [0.05, 0.1) is 0 Å². The molecule has 0 unspecified atom stereocenters. The highest BCUT2D eigenvalue weighted by Gasteiger charge is 1.91. The smallest absolute Gasteiger partial charge is 0.0379 e. The van der Waals surface area contributed by atoms with E-state index < -0.39 is 0 Å². The summed E-state index contributed by atoms with van der Waals surface area (Å²) in [4.78, 5) is 0. The second-order valence-corrected chi connectivity index (χ2v) is 2.71. The average Bonchev–Trinajstić information content (AvgIpc) is 2.06. The highest BCUT2D eigenvalue weighted by molar-refractivity contribution is 5.63. The summed E-state index contributed by atoms with van der Waals surface area (Å²) < 4.78 is 0. The Morgan fingerprint density at radius 3 is 2.33 bits per heavy atom. The molecule has 0 saturated heterocycles. The van der Waals surface area contributed by atoms with Crippen LogP contribution in [0.5, 0.6) is 0 Å². The third-order valence-electron chi connectivity index (χ3n) is 1.65. The van der Waals surface area contributed by atoms with E-state index in [1.54, 1.807) is 6.20 Å². The fourth-order valence-electron chi connectivity index (χ4n) is 0.969. The van der Waals surface area contributed by atoms with Gasteiger partial charge in [0.2, 0.25) is 0 Å². The molecule has 0 amide bonds. The molecule has 1 N–H and O–H groups in total. The summed E-state index contributed by atoms with van der Waals surface area (Å²) >= 11 is 0. The quantitative estimate of drug-likeness (QED) is 0.713. The van der Waals surface area contributed by atoms with Crippen LogP contribution >= 0.6 is 0 Å². The van der Waals surface area contributed by atoms with E-state index >= 15 is 0 Å². The highest BCUT2D eigenvalue weighted by atomic mass is 14.8. The highest BCUT2D eigenvalue weighted by Crippen LogP contribution is 2.14. The van der Waals surface area contributed by atoms with E-state index in [0.29, 0.717) is 0 Å². The van der Waals surface area contributed by atoms with Crippen LogP contribution in [0.1, 0.15) is 12.5 Å². The first-order valence-electron chi connectivity index (χ1n) is 3.87. The van der Waals surface area contributed by atoms with Crippen LogP contribution in [0.4, 0.5) is 5.69 Å². The number of allylic oxidation sites excluding steroid dienone is 1. The molecule has 0 aliphatic carbocycles. The van der Waals surface area contributed by atoms with Crippen molar-refractivity contribution in [3.8, 4) is 0 Å². The average molecular weight is 159 g/mol. The normalized spacial score (nSPS) is 9.08. The standard InChI is InChI=1S/C11H13N/c1-4-12-11-7-5-10(6-8-11)9(2)3/h4-8,12H,1-2H2,3H3. The third-order valence-corrected chi connectivity index (χ3v) is 1.65. The summed E-state index contributed by atoms with van der Waals surface area (Å²) in [5, 5.41) is 3.01. The van der Waals surface area contributed by atoms with Gasteiger partial charge in [0.15, 0.2) is 0 Å². The lowest BCUT2D eigenvalue weighted by Crippen LogP contribution is -1.85. The first-order valence-corrected chi connectivity index (χ1v) is 3.87. The van der Waals surface area contributed by atoms with Crippen molar-refractivity contribution >= 4 is 11.3 Å². The SMILES string of the molecule is C=CNc1ccc(C(=C)C)cc1. The van der Waals surface area contributed by atoms with Crippen LogP contribution in [0.15, 0.2) is 43.6 Å². The van der Waals surface area contributed by atoms with E-state index in [-0.39, 0.29) is 0 Å². The van der Waals surface area contributed by atoms with Crippen LogP contribution in [0.3, 0.4) is 0 Å². The fourth-order valence-corrected chi connectivity index (χ4v) is 0.969. The number of hydrogen-bond acceptors (Lipinski definition) is 1. The number of rotatable bonds is 3. The van der Waals surface area contributed by atoms with Gasteiger partial charge in [-0.3, -0.25) is 0 Å². The molecule has 0 saturated carbocycles. The molecular formula is C11H13N. The molecule has 12 heavy (non-hydrogen) atoms. The lowest BCUT2D eigenvalue weighted by atomic mass is 10.1. The summed E-state index contributed by atoms with van der Waals surface area (Å²) in [6.07, 6.45) is 1.66. The van der Waals surface area contributed by atoms with E-state index in [4.69, 9.17) is 0 Å². The molecule has 1 aromatic rings. The predicted octanol–water partition coefficient (Wildman–Crippen LogP) is 3.28. The minimum atomic E-state index is 1.05. The van der Waals surface area contributed by atoms with Crippen LogP contribution in [0.2, 0.25) is 0 Å². The maximum Gasteiger partial charge on any atom is 0.0379 e. The molecular weight excluding hydrogens is 146 g/mol. The first kappa shape index (κ1) is 8.60. The molecule has 62 valence electrons. The Balaban J connectivity index is 2.85. The summed E-state index contributed by atoms with van der Waals surface area (Å²) in [7, 11) is 0. The molecule has 0 aliphatic heterocycles. The summed E-state index contributed by atoms with van der Waals surface area (Å²) in [6, 6.07) is 8.08. The molecule has 1 nitrogen and oxygen atoms in total. The second-order valence-electron chi connectivity index (χ2n) is 2.71. The Kier molecular flexibility index (Phi) is 2.70. The van der Waals surface area contributed by atoms with Crippen molar-refractivity contribution in [3.05, 3.63) is 49.2 Å². The first-order chi connectivity index (χ1) is 5.74. The van der Waals surface area contributed by atoms with Gasteiger partial charge < -0.3 is 5.32 Å². The van der Waals surface area contributed by atoms with E-state index in [9.17, 15) is 0 Å². The van der Waals surface area contributed by atoms with Crippen LogP contribution in [-0.4, -0.2) is 0 Å². The Morgan fingerprint density at radius 2 is 1.92 bits per heavy atom.